The summed E-state index contributed by atoms with van der Waals surface area (Å²) in [6.07, 6.45) is 0. The van der Waals surface area contributed by atoms with Crippen molar-refractivity contribution in [1.82, 2.24) is 0 Å². The van der Waals surface area contributed by atoms with Crippen LogP contribution in [0.3, 0.4) is 0 Å². The van der Waals surface area contributed by atoms with Crippen molar-refractivity contribution in [2.45, 2.75) is 4.90 Å². The minimum atomic E-state index is -4.78. The number of hydrazone groups is 1. The van der Waals surface area contributed by atoms with E-state index in [0.29, 0.717) is 6.07 Å². The molecule has 1 aliphatic rings. The van der Waals surface area contributed by atoms with Crippen LogP contribution in [0.2, 0.25) is 0 Å². The Balaban J connectivity index is 2.21. The topological polar surface area (TPSA) is 186 Å². The minimum absolute atomic E-state index is 0.00438. The van der Waals surface area contributed by atoms with Crippen LogP contribution >= 0.6 is 0 Å². The number of anilines is 1. The average Bonchev–Trinajstić information content (AvgIpc) is 2.68. The Morgan fingerprint density at radius 3 is 2.07 bits per heavy atom. The summed E-state index contributed by atoms with van der Waals surface area (Å²) in [6.45, 7) is -1.09. The number of phenolic OH excluding ortho intramolecular Hbond substituents is 1. The van der Waals surface area contributed by atoms with Gasteiger partial charge in [0, 0.05) is 16.8 Å². The summed E-state index contributed by atoms with van der Waals surface area (Å²) >= 11 is 0. The van der Waals surface area contributed by atoms with Crippen LogP contribution in [0, 0.1) is 0 Å². The molecule has 1 saturated heterocycles. The van der Waals surface area contributed by atoms with Crippen LogP contribution in [0.15, 0.2) is 40.3 Å². The zero-order chi connectivity index (χ0) is 20.7. The summed E-state index contributed by atoms with van der Waals surface area (Å²) in [5, 5.41) is 13.4. The molecule has 2 aromatic carbocycles. The Kier molecular flexibility index (Phi) is 5.07. The van der Waals surface area contributed by atoms with Gasteiger partial charge in [0.1, 0.15) is 16.3 Å². The second kappa shape index (κ2) is 6.94. The average molecular weight is 452 g/mol. The van der Waals surface area contributed by atoms with E-state index in [4.69, 9.17) is 0 Å². The van der Waals surface area contributed by atoms with Crippen LogP contribution in [0.1, 0.15) is 0 Å². The lowest BCUT2D eigenvalue weighted by molar-refractivity contribution is 0.237. The summed E-state index contributed by atoms with van der Waals surface area (Å²) in [5.74, 6) is -0.749. The van der Waals surface area contributed by atoms with Crippen LogP contribution in [0.5, 0.6) is 5.75 Å². The van der Waals surface area contributed by atoms with E-state index in [1.54, 1.807) is 0 Å². The molecule has 28 heavy (non-hydrogen) atoms. The number of benzene rings is 2. The van der Waals surface area contributed by atoms with Gasteiger partial charge in [0.2, 0.25) is 0 Å². The van der Waals surface area contributed by atoms with Gasteiger partial charge >= 0.3 is 24.6 Å². The molecule has 0 atom stereocenters. The van der Waals surface area contributed by atoms with Gasteiger partial charge in [-0.25, -0.2) is 0 Å². The normalized spacial score (nSPS) is 19.1. The highest BCUT2D eigenvalue weighted by Crippen LogP contribution is 2.37. The van der Waals surface area contributed by atoms with E-state index in [1.807, 2.05) is 0 Å². The van der Waals surface area contributed by atoms with Gasteiger partial charge in [0.15, 0.2) is 0 Å². The third-order valence-corrected chi connectivity index (χ3v) is 7.62. The summed E-state index contributed by atoms with van der Waals surface area (Å²) in [7, 11) is -14.3. The predicted octanol–water partition coefficient (Wildman–Crippen LogP) is 0.181. The quantitative estimate of drug-likeness (QED) is 0.250. The summed E-state index contributed by atoms with van der Waals surface area (Å²) in [5.41, 5.74) is 1.77. The van der Waals surface area contributed by atoms with E-state index in [2.05, 4.69) is 18.9 Å². The zero-order valence-corrected chi connectivity index (χ0v) is 16.1. The summed E-state index contributed by atoms with van der Waals surface area (Å²) in [4.78, 5) is -0.611. The first-order chi connectivity index (χ1) is 12.9. The van der Waals surface area contributed by atoms with Crippen LogP contribution in [-0.4, -0.2) is 52.5 Å². The van der Waals surface area contributed by atoms with Crippen molar-refractivity contribution in [3.63, 3.8) is 0 Å². The Morgan fingerprint density at radius 2 is 1.54 bits per heavy atom. The Morgan fingerprint density at radius 1 is 1.00 bits per heavy atom. The van der Waals surface area contributed by atoms with Gasteiger partial charge < -0.3 is 5.11 Å². The van der Waals surface area contributed by atoms with Crippen molar-refractivity contribution in [2.75, 3.05) is 18.6 Å². The van der Waals surface area contributed by atoms with E-state index in [9.17, 15) is 34.9 Å². The van der Waals surface area contributed by atoms with E-state index >= 15 is 0 Å². The fraction of sp³-hybridized carbons (Fsp3) is 0.154. The lowest BCUT2D eigenvalue weighted by atomic mass is 10.1. The number of hydrogen-bond acceptors (Lipinski definition) is 11. The molecule has 0 spiro atoms. The SMILES string of the molecule is O=S1(=O)OCCOS(=O)(=O)C1=NNc1c(O)cc(S(=O)(=O)O)c2ccccc12. The standard InChI is InChI=1S/C13H12N2O10S3/c16-10-7-11(26(17,18)19)8-3-1-2-4-9(8)12(10)14-15-13-27(20,21)24-5-6-25-28(13,22)23/h1-4,7,14,16H,5-6H2,(H,17,18,19). The van der Waals surface area contributed by atoms with Gasteiger partial charge in [-0.2, -0.15) is 25.3 Å². The van der Waals surface area contributed by atoms with E-state index in [-0.39, 0.29) is 16.5 Å². The minimum Gasteiger partial charge on any atom is -0.506 e. The monoisotopic (exact) mass is 452 g/mol. The van der Waals surface area contributed by atoms with Crippen LogP contribution < -0.4 is 5.43 Å². The number of fused-ring (bicyclic) bond motifs is 1. The first-order valence-electron chi connectivity index (χ1n) is 7.28. The summed E-state index contributed by atoms with van der Waals surface area (Å²) < 4.78 is 87.6. The molecule has 3 rings (SSSR count). The van der Waals surface area contributed by atoms with Gasteiger partial charge in [0.25, 0.3) is 10.1 Å². The lowest BCUT2D eigenvalue weighted by Crippen LogP contribution is -2.25. The maximum Gasteiger partial charge on any atom is 0.330 e. The smallest absolute Gasteiger partial charge is 0.330 e. The molecular weight excluding hydrogens is 440 g/mol. The summed E-state index contributed by atoms with van der Waals surface area (Å²) in [6, 6.07) is 6.24. The first-order valence-corrected chi connectivity index (χ1v) is 11.5. The van der Waals surface area contributed by atoms with Crippen LogP contribution in [-0.2, 0) is 38.7 Å². The largest absolute Gasteiger partial charge is 0.506 e. The zero-order valence-electron chi connectivity index (χ0n) is 13.6. The molecule has 0 radical (unpaired) electrons. The molecule has 0 amide bonds. The van der Waals surface area contributed by atoms with Crippen molar-refractivity contribution >= 4 is 51.2 Å². The van der Waals surface area contributed by atoms with E-state index in [0.717, 1.165) is 0 Å². The highest BCUT2D eigenvalue weighted by molar-refractivity contribution is 8.27. The van der Waals surface area contributed by atoms with Crippen LogP contribution in [0.4, 0.5) is 5.69 Å². The molecule has 12 nitrogen and oxygen atoms in total. The van der Waals surface area contributed by atoms with E-state index in [1.165, 1.54) is 24.3 Å². The molecule has 0 saturated carbocycles. The molecule has 0 aromatic heterocycles. The van der Waals surface area contributed by atoms with Gasteiger partial charge in [-0.3, -0.25) is 18.3 Å². The third-order valence-electron chi connectivity index (χ3n) is 3.51. The third kappa shape index (κ3) is 3.80. The Bertz CT molecular complexity index is 1260. The first kappa shape index (κ1) is 20.4. The highest BCUT2D eigenvalue weighted by atomic mass is 32.3. The second-order valence-corrected chi connectivity index (χ2v) is 10.0. The number of rotatable bonds is 3. The number of nitrogens with zero attached hydrogens (tertiary/aromatic N) is 1. The van der Waals surface area contributed by atoms with Crippen molar-refractivity contribution in [1.29, 1.82) is 0 Å². The molecule has 3 N–H and O–H groups in total. The van der Waals surface area contributed by atoms with Gasteiger partial charge in [0.05, 0.1) is 13.2 Å². The second-order valence-electron chi connectivity index (χ2n) is 5.33. The maximum atomic E-state index is 11.9. The van der Waals surface area contributed by atoms with Gasteiger partial charge in [-0.1, -0.05) is 24.3 Å². The lowest BCUT2D eigenvalue weighted by Gasteiger charge is -2.12. The predicted molar refractivity (Wildman–Crippen MR) is 96.2 cm³/mol. The molecule has 2 aromatic rings. The number of hydrogen-bond donors (Lipinski definition) is 3. The van der Waals surface area contributed by atoms with Crippen molar-refractivity contribution in [2.24, 2.45) is 5.10 Å². The molecule has 0 aliphatic carbocycles. The Hall–Kier alpha value is -2.30. The highest BCUT2D eigenvalue weighted by Gasteiger charge is 2.38. The van der Waals surface area contributed by atoms with Crippen molar-refractivity contribution in [3.05, 3.63) is 30.3 Å². The fourth-order valence-electron chi connectivity index (χ4n) is 2.39. The van der Waals surface area contributed by atoms with Gasteiger partial charge in [-0.15, -0.1) is 5.10 Å². The maximum absolute atomic E-state index is 11.9. The number of phenols is 1. The molecule has 0 bridgehead atoms. The molecule has 1 aliphatic heterocycles. The molecule has 1 fully saturated rings. The van der Waals surface area contributed by atoms with Crippen LogP contribution in [0.25, 0.3) is 10.8 Å². The Labute approximate surface area is 159 Å². The number of nitrogens with one attached hydrogen (secondary N) is 1. The van der Waals surface area contributed by atoms with E-state index < -0.39 is 58.6 Å². The molecule has 152 valence electrons. The molecule has 1 heterocycles. The fourth-order valence-corrected chi connectivity index (χ4v) is 5.48. The molecular formula is C13H12N2O10S3. The van der Waals surface area contributed by atoms with Gasteiger partial charge in [-0.05, 0) is 0 Å². The molecule has 0 unspecified atom stereocenters. The van der Waals surface area contributed by atoms with Crippen molar-refractivity contribution in [3.8, 4) is 5.75 Å². The molecule has 15 heteroatoms. The number of aromatic hydroxyl groups is 1. The van der Waals surface area contributed by atoms with Crippen molar-refractivity contribution < 1.29 is 43.3 Å².